The van der Waals surface area contributed by atoms with Gasteiger partial charge >= 0.3 is 6.03 Å². The third-order valence-corrected chi connectivity index (χ3v) is 3.34. The molecule has 0 unspecified atom stereocenters. The SMILES string of the molecule is CCc1ccc(NC(=O)Nc2cc(Cl)cc(Cl)c2)cc1N. The summed E-state index contributed by atoms with van der Waals surface area (Å²) in [5.74, 6) is 0. The number of benzene rings is 2. The van der Waals surface area contributed by atoms with Gasteiger partial charge in [-0.05, 0) is 42.3 Å². The Hall–Kier alpha value is -1.91. The normalized spacial score (nSPS) is 10.2. The first kappa shape index (κ1) is 15.5. The van der Waals surface area contributed by atoms with Crippen molar-refractivity contribution >= 4 is 46.3 Å². The summed E-state index contributed by atoms with van der Waals surface area (Å²) < 4.78 is 0. The summed E-state index contributed by atoms with van der Waals surface area (Å²) >= 11 is 11.8. The molecule has 0 fully saturated rings. The van der Waals surface area contributed by atoms with Gasteiger partial charge in [-0.1, -0.05) is 36.2 Å². The quantitative estimate of drug-likeness (QED) is 0.711. The van der Waals surface area contributed by atoms with Crippen LogP contribution in [-0.4, -0.2) is 6.03 Å². The van der Waals surface area contributed by atoms with Gasteiger partial charge in [0.1, 0.15) is 0 Å². The highest BCUT2D eigenvalue weighted by molar-refractivity contribution is 6.35. The molecule has 0 atom stereocenters. The molecule has 0 saturated heterocycles. The van der Waals surface area contributed by atoms with Crippen molar-refractivity contribution in [2.45, 2.75) is 13.3 Å². The van der Waals surface area contributed by atoms with Gasteiger partial charge in [-0.3, -0.25) is 0 Å². The molecule has 0 aliphatic carbocycles. The van der Waals surface area contributed by atoms with Gasteiger partial charge in [-0.25, -0.2) is 4.79 Å². The summed E-state index contributed by atoms with van der Waals surface area (Å²) in [4.78, 5) is 11.9. The van der Waals surface area contributed by atoms with Gasteiger partial charge in [0, 0.05) is 27.1 Å². The average molecular weight is 324 g/mol. The molecule has 0 aliphatic heterocycles. The van der Waals surface area contributed by atoms with Crippen LogP contribution >= 0.6 is 23.2 Å². The maximum Gasteiger partial charge on any atom is 0.323 e. The van der Waals surface area contributed by atoms with Crippen LogP contribution in [0, 0.1) is 0 Å². The molecular formula is C15H15Cl2N3O. The molecule has 0 radical (unpaired) electrons. The summed E-state index contributed by atoms with van der Waals surface area (Å²) in [5, 5.41) is 6.27. The smallest absolute Gasteiger partial charge is 0.323 e. The number of halogens is 2. The molecule has 4 nitrogen and oxygen atoms in total. The molecule has 4 N–H and O–H groups in total. The Morgan fingerprint density at radius 1 is 1.05 bits per heavy atom. The highest BCUT2D eigenvalue weighted by Crippen LogP contribution is 2.23. The summed E-state index contributed by atoms with van der Waals surface area (Å²) in [7, 11) is 0. The van der Waals surface area contributed by atoms with Crippen LogP contribution in [0.5, 0.6) is 0 Å². The van der Waals surface area contributed by atoms with Gasteiger partial charge in [0.2, 0.25) is 0 Å². The van der Waals surface area contributed by atoms with Crippen LogP contribution in [0.1, 0.15) is 12.5 Å². The van der Waals surface area contributed by atoms with E-state index < -0.39 is 6.03 Å². The second-order valence-corrected chi connectivity index (χ2v) is 5.38. The van der Waals surface area contributed by atoms with Crippen LogP contribution in [-0.2, 0) is 6.42 Å². The maximum atomic E-state index is 11.9. The molecule has 21 heavy (non-hydrogen) atoms. The summed E-state index contributed by atoms with van der Waals surface area (Å²) in [5.41, 5.74) is 8.73. The Balaban J connectivity index is 2.06. The van der Waals surface area contributed by atoms with E-state index in [1.165, 1.54) is 0 Å². The van der Waals surface area contributed by atoms with Crippen molar-refractivity contribution in [2.24, 2.45) is 0 Å². The highest BCUT2D eigenvalue weighted by Gasteiger charge is 2.06. The van der Waals surface area contributed by atoms with E-state index in [2.05, 4.69) is 10.6 Å². The third kappa shape index (κ3) is 4.28. The van der Waals surface area contributed by atoms with Gasteiger partial charge in [-0.2, -0.15) is 0 Å². The number of rotatable bonds is 3. The lowest BCUT2D eigenvalue weighted by molar-refractivity contribution is 0.262. The summed E-state index contributed by atoms with van der Waals surface area (Å²) in [6.45, 7) is 2.02. The van der Waals surface area contributed by atoms with E-state index in [0.29, 0.717) is 27.1 Å². The molecule has 6 heteroatoms. The van der Waals surface area contributed by atoms with E-state index in [1.54, 1.807) is 30.3 Å². The third-order valence-electron chi connectivity index (χ3n) is 2.91. The Morgan fingerprint density at radius 2 is 1.67 bits per heavy atom. The topological polar surface area (TPSA) is 67.2 Å². The molecule has 0 aliphatic rings. The molecular weight excluding hydrogens is 309 g/mol. The largest absolute Gasteiger partial charge is 0.398 e. The van der Waals surface area contributed by atoms with E-state index in [0.717, 1.165) is 12.0 Å². The number of urea groups is 1. The Morgan fingerprint density at radius 3 is 2.24 bits per heavy atom. The zero-order valence-electron chi connectivity index (χ0n) is 11.4. The Labute approximate surface area is 133 Å². The summed E-state index contributed by atoms with van der Waals surface area (Å²) in [6, 6.07) is 9.85. The lowest BCUT2D eigenvalue weighted by Crippen LogP contribution is -2.19. The highest BCUT2D eigenvalue weighted by atomic mass is 35.5. The zero-order valence-corrected chi connectivity index (χ0v) is 12.9. The van der Waals surface area contributed by atoms with Gasteiger partial charge in [-0.15, -0.1) is 0 Å². The van der Waals surface area contributed by atoms with Crippen LogP contribution in [0.25, 0.3) is 0 Å². The van der Waals surface area contributed by atoms with E-state index >= 15 is 0 Å². The van der Waals surface area contributed by atoms with E-state index in [1.807, 2.05) is 13.0 Å². The van der Waals surface area contributed by atoms with Crippen molar-refractivity contribution < 1.29 is 4.79 Å². The average Bonchev–Trinajstić information content (AvgIpc) is 2.37. The fourth-order valence-corrected chi connectivity index (χ4v) is 2.44. The van der Waals surface area contributed by atoms with E-state index in [-0.39, 0.29) is 0 Å². The fourth-order valence-electron chi connectivity index (χ4n) is 1.91. The van der Waals surface area contributed by atoms with Crippen molar-refractivity contribution in [1.82, 2.24) is 0 Å². The second kappa shape index (κ2) is 6.70. The number of carbonyl (C=O) groups excluding carboxylic acids is 1. The van der Waals surface area contributed by atoms with Gasteiger partial charge in [0.15, 0.2) is 0 Å². The Kier molecular flexibility index (Phi) is 4.94. The van der Waals surface area contributed by atoms with Crippen LogP contribution in [0.15, 0.2) is 36.4 Å². The van der Waals surface area contributed by atoms with Crippen molar-refractivity contribution in [3.8, 4) is 0 Å². The number of nitrogens with two attached hydrogens (primary N) is 1. The van der Waals surface area contributed by atoms with Crippen molar-refractivity contribution in [2.75, 3.05) is 16.4 Å². The first-order chi connectivity index (χ1) is 9.97. The number of anilines is 3. The maximum absolute atomic E-state index is 11.9. The Bertz CT molecular complexity index is 654. The first-order valence-corrected chi connectivity index (χ1v) is 7.16. The number of hydrogen-bond acceptors (Lipinski definition) is 2. The number of amides is 2. The first-order valence-electron chi connectivity index (χ1n) is 6.40. The molecule has 0 bridgehead atoms. The van der Waals surface area contributed by atoms with E-state index in [9.17, 15) is 4.79 Å². The minimum Gasteiger partial charge on any atom is -0.398 e. The molecule has 2 aromatic rings. The monoisotopic (exact) mass is 323 g/mol. The minimum atomic E-state index is -0.392. The molecule has 2 amide bonds. The number of aryl methyl sites for hydroxylation is 1. The second-order valence-electron chi connectivity index (χ2n) is 4.50. The molecule has 0 spiro atoms. The van der Waals surface area contributed by atoms with Crippen LogP contribution in [0.2, 0.25) is 10.0 Å². The molecule has 110 valence electrons. The lowest BCUT2D eigenvalue weighted by Gasteiger charge is -2.10. The van der Waals surface area contributed by atoms with E-state index in [4.69, 9.17) is 28.9 Å². The minimum absolute atomic E-state index is 0.392. The standard InChI is InChI=1S/C15H15Cl2N3O/c1-2-9-3-4-12(8-14(9)18)19-15(21)20-13-6-10(16)5-11(17)7-13/h3-8H,2,18H2,1H3,(H2,19,20,21). The molecule has 0 aromatic heterocycles. The lowest BCUT2D eigenvalue weighted by atomic mass is 10.1. The summed E-state index contributed by atoms with van der Waals surface area (Å²) in [6.07, 6.45) is 0.847. The van der Waals surface area contributed by atoms with Crippen LogP contribution in [0.4, 0.5) is 21.9 Å². The molecule has 2 rings (SSSR count). The zero-order chi connectivity index (χ0) is 15.4. The van der Waals surface area contributed by atoms with Gasteiger partial charge < -0.3 is 16.4 Å². The van der Waals surface area contributed by atoms with Crippen molar-refractivity contribution in [3.05, 3.63) is 52.0 Å². The molecule has 0 heterocycles. The molecule has 0 saturated carbocycles. The van der Waals surface area contributed by atoms with Crippen LogP contribution < -0.4 is 16.4 Å². The predicted molar refractivity (Wildman–Crippen MR) is 89.3 cm³/mol. The number of carbonyl (C=O) groups is 1. The van der Waals surface area contributed by atoms with Gasteiger partial charge in [0.25, 0.3) is 0 Å². The number of hydrogen-bond donors (Lipinski definition) is 3. The van der Waals surface area contributed by atoms with Crippen molar-refractivity contribution in [1.29, 1.82) is 0 Å². The number of nitrogen functional groups attached to an aromatic ring is 1. The van der Waals surface area contributed by atoms with Crippen molar-refractivity contribution in [3.63, 3.8) is 0 Å². The number of nitrogens with one attached hydrogen (secondary N) is 2. The molecule has 2 aromatic carbocycles. The van der Waals surface area contributed by atoms with Crippen LogP contribution in [0.3, 0.4) is 0 Å². The van der Waals surface area contributed by atoms with Gasteiger partial charge in [0.05, 0.1) is 0 Å². The fraction of sp³-hybridized carbons (Fsp3) is 0.133. The predicted octanol–water partition coefficient (Wildman–Crippen LogP) is 4.78.